The Morgan fingerprint density at radius 1 is 0.902 bits per heavy atom. The van der Waals surface area contributed by atoms with Crippen molar-refractivity contribution in [2.75, 3.05) is 21.3 Å². The van der Waals surface area contributed by atoms with Crippen molar-refractivity contribution in [3.63, 3.8) is 0 Å². The summed E-state index contributed by atoms with van der Waals surface area (Å²) in [5.41, 5.74) is 2.89. The van der Waals surface area contributed by atoms with Crippen molar-refractivity contribution in [3.05, 3.63) is 83.9 Å². The minimum atomic E-state index is -0.246. The molecule has 0 saturated carbocycles. The SMILES string of the molecule is C=CCc1cc(O)ccc1O.COC(=O)CC1Cc2cc(OC)ccc2O1.COc1ccc2c(c1)CC(CC=O)O2. The predicted molar refractivity (Wildman–Crippen MR) is 153 cm³/mol. The number of rotatable bonds is 8. The van der Waals surface area contributed by atoms with Crippen LogP contribution >= 0.6 is 0 Å². The van der Waals surface area contributed by atoms with Crippen molar-refractivity contribution < 1.29 is 43.5 Å². The largest absolute Gasteiger partial charge is 0.508 e. The Balaban J connectivity index is 0.000000172. The first kappa shape index (κ1) is 30.9. The topological polar surface area (TPSA) is 121 Å². The van der Waals surface area contributed by atoms with Gasteiger partial charge < -0.3 is 38.7 Å². The maximum absolute atomic E-state index is 11.1. The van der Waals surface area contributed by atoms with E-state index in [1.807, 2.05) is 36.4 Å². The Hall–Kier alpha value is -4.66. The van der Waals surface area contributed by atoms with E-state index >= 15 is 0 Å². The molecule has 0 saturated heterocycles. The lowest BCUT2D eigenvalue weighted by atomic mass is 10.1. The monoisotopic (exact) mass is 564 g/mol. The highest BCUT2D eigenvalue weighted by molar-refractivity contribution is 5.70. The van der Waals surface area contributed by atoms with Gasteiger partial charge in [0.15, 0.2) is 0 Å². The van der Waals surface area contributed by atoms with Crippen molar-refractivity contribution in [2.45, 2.75) is 44.3 Å². The number of hydrogen-bond donors (Lipinski definition) is 2. The lowest BCUT2D eigenvalue weighted by molar-refractivity contribution is -0.142. The average molecular weight is 565 g/mol. The molecule has 3 aromatic carbocycles. The third-order valence-corrected chi connectivity index (χ3v) is 6.43. The molecule has 9 heteroatoms. The summed E-state index contributed by atoms with van der Waals surface area (Å²) < 4.78 is 26.0. The van der Waals surface area contributed by atoms with Crippen LogP contribution in [-0.4, -0.2) is 56.0 Å². The fourth-order valence-corrected chi connectivity index (χ4v) is 4.36. The standard InChI is InChI=1S/C12H14O4.C11H12O3.C9H10O2/c1-14-9-3-4-11-8(5-9)6-10(16-11)7-12(13)15-2;1-13-9-2-3-11-8(6-9)7-10(14-11)4-5-12;1-2-3-7-6-8(10)4-5-9(7)11/h3-5,10H,6-7H2,1-2H3;2-3,5-6,10H,4,7H2,1H3;2,4-6,10-11H,1,3H2. The van der Waals surface area contributed by atoms with E-state index in [0.29, 0.717) is 18.4 Å². The molecule has 0 aromatic heterocycles. The van der Waals surface area contributed by atoms with Gasteiger partial charge in [0.1, 0.15) is 53.0 Å². The number of phenols is 2. The van der Waals surface area contributed by atoms with Crippen molar-refractivity contribution >= 4 is 12.3 Å². The first-order valence-electron chi connectivity index (χ1n) is 13.1. The molecule has 41 heavy (non-hydrogen) atoms. The number of carbonyl (C=O) groups excluding carboxylic acids is 2. The predicted octanol–water partition coefficient (Wildman–Crippen LogP) is 4.98. The molecule has 2 aliphatic rings. The van der Waals surface area contributed by atoms with E-state index in [-0.39, 0.29) is 36.1 Å². The van der Waals surface area contributed by atoms with Crippen LogP contribution in [0.5, 0.6) is 34.5 Å². The Bertz CT molecular complexity index is 1330. The van der Waals surface area contributed by atoms with Gasteiger partial charge in [-0.25, -0.2) is 0 Å². The van der Waals surface area contributed by atoms with E-state index in [1.165, 1.54) is 25.3 Å². The summed E-state index contributed by atoms with van der Waals surface area (Å²) in [6.45, 7) is 3.53. The second kappa shape index (κ2) is 15.2. The van der Waals surface area contributed by atoms with E-state index < -0.39 is 0 Å². The molecule has 0 spiro atoms. The molecule has 0 bridgehead atoms. The zero-order valence-corrected chi connectivity index (χ0v) is 23.5. The fraction of sp³-hybridized carbons (Fsp3) is 0.312. The van der Waals surface area contributed by atoms with Crippen LogP contribution in [0.15, 0.2) is 67.3 Å². The molecule has 3 aromatic rings. The molecule has 218 valence electrons. The van der Waals surface area contributed by atoms with Crippen LogP contribution in [0.1, 0.15) is 29.5 Å². The molecule has 5 rings (SSSR count). The Morgan fingerprint density at radius 2 is 1.49 bits per heavy atom. The van der Waals surface area contributed by atoms with Crippen molar-refractivity contribution in [3.8, 4) is 34.5 Å². The molecule has 9 nitrogen and oxygen atoms in total. The highest BCUT2D eigenvalue weighted by atomic mass is 16.5. The molecule has 2 atom stereocenters. The highest BCUT2D eigenvalue weighted by Gasteiger charge is 2.26. The van der Waals surface area contributed by atoms with Gasteiger partial charge in [-0.15, -0.1) is 6.58 Å². The van der Waals surface area contributed by atoms with Crippen LogP contribution in [0.3, 0.4) is 0 Å². The molecule has 2 unspecified atom stereocenters. The lowest BCUT2D eigenvalue weighted by Gasteiger charge is -2.08. The van der Waals surface area contributed by atoms with Crippen LogP contribution in [0.2, 0.25) is 0 Å². The minimum absolute atomic E-state index is 0.00889. The van der Waals surface area contributed by atoms with Gasteiger partial charge in [0.2, 0.25) is 0 Å². The second-order valence-electron chi connectivity index (χ2n) is 9.32. The molecule has 0 radical (unpaired) electrons. The van der Waals surface area contributed by atoms with Gasteiger partial charge in [-0.05, 0) is 61.0 Å². The number of aldehydes is 1. The van der Waals surface area contributed by atoms with Crippen LogP contribution in [-0.2, 0) is 33.6 Å². The van der Waals surface area contributed by atoms with Gasteiger partial charge in [0.05, 0.1) is 27.8 Å². The third kappa shape index (κ3) is 8.93. The maximum Gasteiger partial charge on any atom is 0.309 e. The number of ether oxygens (including phenoxy) is 5. The smallest absolute Gasteiger partial charge is 0.309 e. The number of phenolic OH excluding ortho intramolecular Hbond substituents is 2. The Morgan fingerprint density at radius 3 is 2.02 bits per heavy atom. The van der Waals surface area contributed by atoms with Crippen LogP contribution in [0, 0.1) is 0 Å². The van der Waals surface area contributed by atoms with Crippen molar-refractivity contribution in [1.29, 1.82) is 0 Å². The summed E-state index contributed by atoms with van der Waals surface area (Å²) in [4.78, 5) is 21.4. The normalized spacial score (nSPS) is 15.7. The minimum Gasteiger partial charge on any atom is -0.508 e. The van der Waals surface area contributed by atoms with E-state index in [2.05, 4.69) is 11.3 Å². The molecule has 0 aliphatic carbocycles. The zero-order valence-electron chi connectivity index (χ0n) is 23.5. The zero-order chi connectivity index (χ0) is 29.8. The second-order valence-corrected chi connectivity index (χ2v) is 9.32. The van der Waals surface area contributed by atoms with Gasteiger partial charge in [-0.2, -0.15) is 0 Å². The fourth-order valence-electron chi connectivity index (χ4n) is 4.36. The van der Waals surface area contributed by atoms with E-state index in [9.17, 15) is 14.7 Å². The third-order valence-electron chi connectivity index (χ3n) is 6.43. The number of benzene rings is 3. The molecular weight excluding hydrogens is 528 g/mol. The van der Waals surface area contributed by atoms with E-state index in [1.54, 1.807) is 20.3 Å². The molecular formula is C32H36O9. The Labute approximate surface area is 239 Å². The summed E-state index contributed by atoms with van der Waals surface area (Å²) in [6.07, 6.45) is 5.30. The first-order valence-corrected chi connectivity index (χ1v) is 13.1. The van der Waals surface area contributed by atoms with Gasteiger partial charge in [0.25, 0.3) is 0 Å². The Kier molecular flexibility index (Phi) is 11.5. The molecule has 0 amide bonds. The first-order chi connectivity index (χ1) is 19.8. The van der Waals surface area contributed by atoms with E-state index in [4.69, 9.17) is 24.1 Å². The number of hydrogen-bond acceptors (Lipinski definition) is 9. The van der Waals surface area contributed by atoms with Gasteiger partial charge in [-0.1, -0.05) is 6.08 Å². The molecule has 2 aliphatic heterocycles. The summed E-state index contributed by atoms with van der Waals surface area (Å²) in [7, 11) is 4.65. The van der Waals surface area contributed by atoms with Gasteiger partial charge in [0, 0.05) is 36.0 Å². The number of aromatic hydroxyl groups is 2. The van der Waals surface area contributed by atoms with Crippen LogP contribution in [0.25, 0.3) is 0 Å². The summed E-state index contributed by atoms with van der Waals surface area (Å²) in [6, 6.07) is 15.8. The number of esters is 1. The highest BCUT2D eigenvalue weighted by Crippen LogP contribution is 2.33. The van der Waals surface area contributed by atoms with Gasteiger partial charge >= 0.3 is 5.97 Å². The summed E-state index contributed by atoms with van der Waals surface area (Å²) >= 11 is 0. The quantitative estimate of drug-likeness (QED) is 0.169. The average Bonchev–Trinajstić information content (AvgIpc) is 3.57. The lowest BCUT2D eigenvalue weighted by Crippen LogP contribution is -2.18. The molecule has 2 heterocycles. The molecule has 2 N–H and O–H groups in total. The molecule has 0 fully saturated rings. The number of fused-ring (bicyclic) bond motifs is 2. The van der Waals surface area contributed by atoms with Crippen LogP contribution in [0.4, 0.5) is 0 Å². The van der Waals surface area contributed by atoms with E-state index in [0.717, 1.165) is 53.3 Å². The number of allylic oxidation sites excluding steroid dienone is 1. The number of methoxy groups -OCH3 is 3. The summed E-state index contributed by atoms with van der Waals surface area (Å²) in [5.74, 6) is 3.46. The van der Waals surface area contributed by atoms with Crippen molar-refractivity contribution in [2.24, 2.45) is 0 Å². The maximum atomic E-state index is 11.1. The number of carbonyl (C=O) groups is 2. The van der Waals surface area contributed by atoms with Crippen molar-refractivity contribution in [1.82, 2.24) is 0 Å². The van der Waals surface area contributed by atoms with Gasteiger partial charge in [-0.3, -0.25) is 4.79 Å². The summed E-state index contributed by atoms with van der Waals surface area (Å²) in [5, 5.41) is 18.2. The van der Waals surface area contributed by atoms with Crippen LogP contribution < -0.4 is 18.9 Å².